The molecule has 1 saturated carbocycles. The third kappa shape index (κ3) is 6.51. The van der Waals surface area contributed by atoms with E-state index in [2.05, 4.69) is 23.7 Å². The lowest BCUT2D eigenvalue weighted by Gasteiger charge is -2.30. The van der Waals surface area contributed by atoms with Gasteiger partial charge < -0.3 is 16.2 Å². The number of carbonyl (C=O) groups excluding carboxylic acids is 3. The average Bonchev–Trinajstić information content (AvgIpc) is 3.45. The van der Waals surface area contributed by atoms with E-state index < -0.39 is 29.9 Å². The molecule has 0 radical (unpaired) electrons. The van der Waals surface area contributed by atoms with E-state index in [9.17, 15) is 28.3 Å². The van der Waals surface area contributed by atoms with Crippen LogP contribution >= 0.6 is 0 Å². The molecular weight excluding hydrogens is 412 g/mol. The van der Waals surface area contributed by atoms with E-state index >= 15 is 0 Å². The third-order valence-electron chi connectivity index (χ3n) is 4.73. The first kappa shape index (κ1) is 23.8. The van der Waals surface area contributed by atoms with Crippen LogP contribution in [-0.4, -0.2) is 46.1 Å². The molecule has 1 aliphatic carbocycles. The van der Waals surface area contributed by atoms with Gasteiger partial charge in [-0.3, -0.25) is 19.6 Å². The molecule has 8 nitrogen and oxygen atoms in total. The second-order valence-corrected chi connectivity index (χ2v) is 7.28. The van der Waals surface area contributed by atoms with Crippen LogP contribution in [-0.2, 0) is 9.59 Å². The third-order valence-corrected chi connectivity index (χ3v) is 4.73. The molecule has 0 aliphatic heterocycles. The highest BCUT2D eigenvalue weighted by Gasteiger charge is 2.46. The molecule has 0 saturated heterocycles. The van der Waals surface area contributed by atoms with Crippen LogP contribution in [0.5, 0.6) is 0 Å². The summed E-state index contributed by atoms with van der Waals surface area (Å²) in [5.41, 5.74) is 3.90. The van der Waals surface area contributed by atoms with Crippen molar-refractivity contribution in [3.63, 3.8) is 0 Å². The Hall–Kier alpha value is -3.47. The smallest absolute Gasteiger partial charge is 0.269 e. The predicted octanol–water partition coefficient (Wildman–Crippen LogP) is 0.173. The van der Waals surface area contributed by atoms with Crippen LogP contribution in [0.15, 0.2) is 24.3 Å². The van der Waals surface area contributed by atoms with Crippen molar-refractivity contribution in [2.45, 2.75) is 37.8 Å². The second kappa shape index (κ2) is 10.0. The molecular formula is C21H21F2N3O5. The molecule has 4 atom stereocenters. The Labute approximate surface area is 177 Å². The van der Waals surface area contributed by atoms with Crippen molar-refractivity contribution < 1.29 is 33.5 Å². The number of nitrogens with two attached hydrogens (primary N) is 1. The normalized spacial score (nSPS) is 19.5. The molecule has 4 unspecified atom stereocenters. The van der Waals surface area contributed by atoms with Crippen molar-refractivity contribution in [2.75, 3.05) is 0 Å². The van der Waals surface area contributed by atoms with E-state index in [-0.39, 0.29) is 23.3 Å². The molecule has 1 aromatic rings. The molecule has 6 N–H and O–H groups in total. The summed E-state index contributed by atoms with van der Waals surface area (Å²) in [6, 6.07) is 3.58. The summed E-state index contributed by atoms with van der Waals surface area (Å²) in [6.07, 6.45) is -2.24. The van der Waals surface area contributed by atoms with Crippen LogP contribution in [0.1, 0.15) is 35.7 Å². The molecule has 1 aromatic carbocycles. The SMILES string of the molecule is CC(O)(C(F)F)C(NC(=O)c1ccc(C#CC#CC2CC2CC(N)=O)cc1)C(=O)NO. The number of carbonyl (C=O) groups is 3. The fourth-order valence-corrected chi connectivity index (χ4v) is 2.73. The zero-order valence-corrected chi connectivity index (χ0v) is 16.5. The van der Waals surface area contributed by atoms with Crippen LogP contribution in [0.2, 0.25) is 0 Å². The Kier molecular flexibility index (Phi) is 7.70. The minimum absolute atomic E-state index is 0.0183. The van der Waals surface area contributed by atoms with Crippen molar-refractivity contribution in [1.82, 2.24) is 10.8 Å². The van der Waals surface area contributed by atoms with E-state index in [0.717, 1.165) is 11.9 Å². The molecule has 1 fully saturated rings. The molecule has 3 amide bonds. The van der Waals surface area contributed by atoms with Gasteiger partial charge in [0.15, 0.2) is 5.60 Å². The quantitative estimate of drug-likeness (QED) is 0.237. The average molecular weight is 433 g/mol. The fraction of sp³-hybridized carbons (Fsp3) is 0.381. The number of benzene rings is 1. The van der Waals surface area contributed by atoms with Crippen LogP contribution < -0.4 is 16.5 Å². The highest BCUT2D eigenvalue weighted by molar-refractivity contribution is 5.97. The van der Waals surface area contributed by atoms with Crippen molar-refractivity contribution >= 4 is 17.7 Å². The summed E-state index contributed by atoms with van der Waals surface area (Å²) in [7, 11) is 0. The maximum Gasteiger partial charge on any atom is 0.269 e. The molecule has 0 spiro atoms. The lowest BCUT2D eigenvalue weighted by atomic mass is 9.95. The number of halogens is 2. The molecule has 10 heteroatoms. The summed E-state index contributed by atoms with van der Waals surface area (Å²) in [5.74, 6) is 8.70. The summed E-state index contributed by atoms with van der Waals surface area (Å²) in [6.45, 7) is 0.662. The number of hydroxylamine groups is 1. The monoisotopic (exact) mass is 433 g/mol. The van der Waals surface area contributed by atoms with Crippen molar-refractivity contribution in [1.29, 1.82) is 0 Å². The molecule has 31 heavy (non-hydrogen) atoms. The highest BCUT2D eigenvalue weighted by Crippen LogP contribution is 2.40. The maximum atomic E-state index is 13.0. The first-order chi connectivity index (χ1) is 14.6. The number of hydrogen-bond acceptors (Lipinski definition) is 5. The predicted molar refractivity (Wildman–Crippen MR) is 104 cm³/mol. The van der Waals surface area contributed by atoms with Gasteiger partial charge in [0.2, 0.25) is 5.91 Å². The van der Waals surface area contributed by atoms with Gasteiger partial charge in [-0.25, -0.2) is 14.3 Å². The standard InChI is InChI=1S/C21H21F2N3O5/c1-21(30,20(22)23)17(19(29)26-31)25-18(28)13-8-6-12(7-9-13)4-2-3-5-14-10-15(14)11-16(24)27/h6-9,14-15,17,20,30-31H,10-11H2,1H3,(H2,24,27)(H,25,28)(H,26,29). The minimum atomic E-state index is -3.37. The van der Waals surface area contributed by atoms with Crippen molar-refractivity contribution in [3.8, 4) is 23.7 Å². The van der Waals surface area contributed by atoms with E-state index in [4.69, 9.17) is 10.9 Å². The van der Waals surface area contributed by atoms with Gasteiger partial charge in [0, 0.05) is 23.5 Å². The number of nitrogens with one attached hydrogen (secondary N) is 2. The lowest BCUT2D eigenvalue weighted by molar-refractivity contribution is -0.149. The Morgan fingerprint density at radius 2 is 1.90 bits per heavy atom. The van der Waals surface area contributed by atoms with Crippen molar-refractivity contribution in [3.05, 3.63) is 35.4 Å². The van der Waals surface area contributed by atoms with E-state index in [1.807, 2.05) is 5.32 Å². The number of hydrogen-bond donors (Lipinski definition) is 5. The molecule has 2 rings (SSSR count). The largest absolute Gasteiger partial charge is 0.381 e. The van der Waals surface area contributed by atoms with Crippen LogP contribution in [0.3, 0.4) is 0 Å². The lowest BCUT2D eigenvalue weighted by Crippen LogP contribution is -2.61. The molecule has 0 bridgehead atoms. The van der Waals surface area contributed by atoms with Gasteiger partial charge in [0.25, 0.3) is 18.2 Å². The van der Waals surface area contributed by atoms with Gasteiger partial charge in [0.1, 0.15) is 6.04 Å². The van der Waals surface area contributed by atoms with E-state index in [1.54, 1.807) is 0 Å². The van der Waals surface area contributed by atoms with Gasteiger partial charge in [-0.15, -0.1) is 0 Å². The van der Waals surface area contributed by atoms with Crippen LogP contribution in [0.4, 0.5) is 8.78 Å². The topological polar surface area (TPSA) is 142 Å². The van der Waals surface area contributed by atoms with Crippen molar-refractivity contribution in [2.24, 2.45) is 17.6 Å². The Bertz CT molecular complexity index is 971. The number of alkyl halides is 2. The van der Waals surface area contributed by atoms with Gasteiger partial charge in [-0.05, 0) is 55.4 Å². The first-order valence-electron chi connectivity index (χ1n) is 9.21. The molecule has 1 aliphatic rings. The van der Waals surface area contributed by atoms with Gasteiger partial charge >= 0.3 is 0 Å². The second-order valence-electron chi connectivity index (χ2n) is 7.28. The molecule has 0 heterocycles. The van der Waals surface area contributed by atoms with Crippen LogP contribution in [0, 0.1) is 35.5 Å². The fourth-order valence-electron chi connectivity index (χ4n) is 2.73. The molecule has 164 valence electrons. The Balaban J connectivity index is 2.01. The van der Waals surface area contributed by atoms with Gasteiger partial charge in [-0.2, -0.15) is 0 Å². The summed E-state index contributed by atoms with van der Waals surface area (Å²) >= 11 is 0. The van der Waals surface area contributed by atoms with E-state index in [1.165, 1.54) is 24.3 Å². The van der Waals surface area contributed by atoms with Gasteiger partial charge in [-0.1, -0.05) is 11.8 Å². The number of rotatable bonds is 7. The minimum Gasteiger partial charge on any atom is -0.381 e. The summed E-state index contributed by atoms with van der Waals surface area (Å²) < 4.78 is 26.1. The zero-order chi connectivity index (χ0) is 23.2. The number of amides is 3. The summed E-state index contributed by atoms with van der Waals surface area (Å²) in [5, 5.41) is 20.5. The van der Waals surface area contributed by atoms with Gasteiger partial charge in [0.05, 0.1) is 0 Å². The number of aliphatic hydroxyl groups is 1. The Morgan fingerprint density at radius 1 is 1.26 bits per heavy atom. The van der Waals surface area contributed by atoms with Crippen LogP contribution in [0.25, 0.3) is 0 Å². The zero-order valence-electron chi connectivity index (χ0n) is 16.5. The Morgan fingerprint density at radius 3 is 2.45 bits per heavy atom. The first-order valence-corrected chi connectivity index (χ1v) is 9.21. The highest BCUT2D eigenvalue weighted by atomic mass is 19.3. The number of primary amides is 1. The summed E-state index contributed by atoms with van der Waals surface area (Å²) in [4.78, 5) is 34.7. The maximum absolute atomic E-state index is 13.0. The van der Waals surface area contributed by atoms with E-state index in [0.29, 0.717) is 18.9 Å². The molecule has 0 aromatic heterocycles.